The van der Waals surface area contributed by atoms with Crippen molar-refractivity contribution in [3.05, 3.63) is 38.9 Å². The molecule has 0 bridgehead atoms. The summed E-state index contributed by atoms with van der Waals surface area (Å²) in [7, 11) is 0. The molecule has 0 unspecified atom stereocenters. The Morgan fingerprint density at radius 3 is 2.61 bits per heavy atom. The minimum atomic E-state index is -1.24. The molecule has 0 aliphatic carbocycles. The first kappa shape index (κ1) is 13.9. The molecule has 8 heteroatoms. The monoisotopic (exact) mass is 272 g/mol. The van der Waals surface area contributed by atoms with Gasteiger partial charge in [-0.05, 0) is 19.1 Å². The first-order valence-corrected chi connectivity index (χ1v) is 5.18. The van der Waals surface area contributed by atoms with Crippen molar-refractivity contribution in [2.75, 3.05) is 0 Å². The van der Waals surface area contributed by atoms with E-state index in [1.807, 2.05) is 0 Å². The normalized spacial score (nSPS) is 11.7. The maximum atomic E-state index is 11.7. The Hall–Kier alpha value is -2.15. The molecule has 7 nitrogen and oxygen atoms in total. The molecule has 2 N–H and O–H groups in total. The zero-order valence-electron chi connectivity index (χ0n) is 9.21. The van der Waals surface area contributed by atoms with Gasteiger partial charge < -0.3 is 10.4 Å². The maximum absolute atomic E-state index is 11.7. The smallest absolute Gasteiger partial charge is 0.325 e. The Morgan fingerprint density at radius 2 is 2.11 bits per heavy atom. The van der Waals surface area contributed by atoms with Gasteiger partial charge in [-0.2, -0.15) is 0 Å². The van der Waals surface area contributed by atoms with Gasteiger partial charge in [-0.1, -0.05) is 11.6 Å². The molecular weight excluding hydrogens is 264 g/mol. The van der Waals surface area contributed by atoms with Crippen molar-refractivity contribution in [2.45, 2.75) is 13.0 Å². The predicted molar refractivity (Wildman–Crippen MR) is 62.7 cm³/mol. The molecule has 0 aliphatic rings. The summed E-state index contributed by atoms with van der Waals surface area (Å²) >= 11 is 5.59. The lowest BCUT2D eigenvalue weighted by atomic mass is 10.1. The highest BCUT2D eigenvalue weighted by molar-refractivity contribution is 6.31. The lowest BCUT2D eigenvalue weighted by molar-refractivity contribution is -0.385. The van der Waals surface area contributed by atoms with E-state index in [0.29, 0.717) is 0 Å². The fraction of sp³-hybridized carbons (Fsp3) is 0.200. The standard InChI is InChI=1S/C10H9ClN2O5/c1-5(10(15)16)12-9(14)7-3-2-6(11)4-8(7)13(17)18/h2-5H,1H3,(H,12,14)(H,15,16)/t5-/m0/s1. The number of carbonyl (C=O) groups is 2. The zero-order valence-corrected chi connectivity index (χ0v) is 9.97. The molecular formula is C10H9ClN2O5. The van der Waals surface area contributed by atoms with Crippen molar-refractivity contribution in [3.63, 3.8) is 0 Å². The summed E-state index contributed by atoms with van der Waals surface area (Å²) in [4.78, 5) is 32.2. The molecule has 0 saturated heterocycles. The third kappa shape index (κ3) is 3.17. The van der Waals surface area contributed by atoms with E-state index in [2.05, 4.69) is 5.32 Å². The second kappa shape index (κ2) is 5.46. The number of nitro benzene ring substituents is 1. The fourth-order valence-electron chi connectivity index (χ4n) is 1.18. The molecule has 1 rings (SSSR count). The zero-order chi connectivity index (χ0) is 13.9. The van der Waals surface area contributed by atoms with Gasteiger partial charge in [-0.15, -0.1) is 0 Å². The van der Waals surface area contributed by atoms with E-state index in [-0.39, 0.29) is 10.6 Å². The van der Waals surface area contributed by atoms with Crippen LogP contribution in [-0.4, -0.2) is 27.9 Å². The molecule has 0 aromatic heterocycles. The van der Waals surface area contributed by atoms with Crippen molar-refractivity contribution in [1.29, 1.82) is 0 Å². The highest BCUT2D eigenvalue weighted by Gasteiger charge is 2.23. The van der Waals surface area contributed by atoms with Crippen LogP contribution in [0.5, 0.6) is 0 Å². The van der Waals surface area contributed by atoms with Gasteiger partial charge in [-0.25, -0.2) is 0 Å². The van der Waals surface area contributed by atoms with Gasteiger partial charge in [0.2, 0.25) is 0 Å². The van der Waals surface area contributed by atoms with Crippen LogP contribution < -0.4 is 5.32 Å². The van der Waals surface area contributed by atoms with Gasteiger partial charge in [-0.3, -0.25) is 19.7 Å². The minimum Gasteiger partial charge on any atom is -0.480 e. The van der Waals surface area contributed by atoms with Crippen LogP contribution in [0, 0.1) is 10.1 Å². The van der Waals surface area contributed by atoms with E-state index < -0.39 is 28.5 Å². The molecule has 1 atom stereocenters. The first-order chi connectivity index (χ1) is 8.32. The number of rotatable bonds is 4. The van der Waals surface area contributed by atoms with Gasteiger partial charge in [0.1, 0.15) is 11.6 Å². The Labute approximate surface area is 107 Å². The van der Waals surface area contributed by atoms with Crippen LogP contribution in [0.15, 0.2) is 18.2 Å². The van der Waals surface area contributed by atoms with Crippen molar-refractivity contribution in [1.82, 2.24) is 5.32 Å². The summed E-state index contributed by atoms with van der Waals surface area (Å²) in [6.07, 6.45) is 0. The summed E-state index contributed by atoms with van der Waals surface area (Å²) in [5, 5.41) is 21.6. The second-order valence-electron chi connectivity index (χ2n) is 3.45. The number of aliphatic carboxylic acids is 1. The van der Waals surface area contributed by atoms with Gasteiger partial charge in [0.25, 0.3) is 11.6 Å². The lowest BCUT2D eigenvalue weighted by Gasteiger charge is -2.09. The molecule has 0 aliphatic heterocycles. The number of carboxylic acids is 1. The summed E-state index contributed by atoms with van der Waals surface area (Å²) in [5.41, 5.74) is -0.713. The van der Waals surface area contributed by atoms with Crippen LogP contribution >= 0.6 is 11.6 Å². The number of nitrogens with zero attached hydrogens (tertiary/aromatic N) is 1. The summed E-state index contributed by atoms with van der Waals surface area (Å²) in [6, 6.07) is 2.37. The summed E-state index contributed by atoms with van der Waals surface area (Å²) in [6.45, 7) is 1.25. The van der Waals surface area contributed by atoms with Gasteiger partial charge in [0, 0.05) is 11.1 Å². The second-order valence-corrected chi connectivity index (χ2v) is 3.89. The summed E-state index contributed by atoms with van der Waals surface area (Å²) in [5.74, 6) is -2.08. The molecule has 0 saturated carbocycles. The minimum absolute atomic E-state index is 0.115. The number of nitro groups is 1. The van der Waals surface area contributed by atoms with Gasteiger partial charge >= 0.3 is 5.97 Å². The average Bonchev–Trinajstić information content (AvgIpc) is 2.28. The lowest BCUT2D eigenvalue weighted by Crippen LogP contribution is -2.38. The highest BCUT2D eigenvalue weighted by Crippen LogP contribution is 2.23. The molecule has 0 radical (unpaired) electrons. The molecule has 96 valence electrons. The van der Waals surface area contributed by atoms with E-state index in [1.54, 1.807) is 0 Å². The molecule has 1 aromatic carbocycles. The number of hydrogen-bond acceptors (Lipinski definition) is 4. The van der Waals surface area contributed by atoms with Crippen LogP contribution in [0.4, 0.5) is 5.69 Å². The molecule has 0 fully saturated rings. The molecule has 18 heavy (non-hydrogen) atoms. The number of carboxylic acid groups (broad SMARTS) is 1. The van der Waals surface area contributed by atoms with E-state index in [0.717, 1.165) is 6.07 Å². The van der Waals surface area contributed by atoms with E-state index in [9.17, 15) is 19.7 Å². The predicted octanol–water partition coefficient (Wildman–Crippen LogP) is 1.45. The average molecular weight is 273 g/mol. The van der Waals surface area contributed by atoms with Crippen LogP contribution in [-0.2, 0) is 4.79 Å². The first-order valence-electron chi connectivity index (χ1n) is 4.80. The number of halogens is 1. The fourth-order valence-corrected chi connectivity index (χ4v) is 1.35. The molecule has 1 amide bonds. The Bertz CT molecular complexity index is 517. The van der Waals surface area contributed by atoms with Crippen LogP contribution in [0.2, 0.25) is 5.02 Å². The SMILES string of the molecule is C[C@H](NC(=O)c1ccc(Cl)cc1[N+](=O)[O-])C(=O)O. The third-order valence-electron chi connectivity index (χ3n) is 2.12. The summed E-state index contributed by atoms with van der Waals surface area (Å²) < 4.78 is 0. The van der Waals surface area contributed by atoms with E-state index >= 15 is 0 Å². The van der Waals surface area contributed by atoms with E-state index in [4.69, 9.17) is 16.7 Å². The number of benzene rings is 1. The molecule has 0 spiro atoms. The Morgan fingerprint density at radius 1 is 1.50 bits per heavy atom. The largest absolute Gasteiger partial charge is 0.480 e. The number of carbonyl (C=O) groups excluding carboxylic acids is 1. The Kier molecular flexibility index (Phi) is 4.22. The molecule has 1 aromatic rings. The van der Waals surface area contributed by atoms with Crippen molar-refractivity contribution in [3.8, 4) is 0 Å². The molecule has 0 heterocycles. The Balaban J connectivity index is 3.06. The number of nitrogens with one attached hydrogen (secondary N) is 1. The highest BCUT2D eigenvalue weighted by atomic mass is 35.5. The van der Waals surface area contributed by atoms with Crippen LogP contribution in [0.1, 0.15) is 17.3 Å². The third-order valence-corrected chi connectivity index (χ3v) is 2.35. The maximum Gasteiger partial charge on any atom is 0.325 e. The number of amides is 1. The van der Waals surface area contributed by atoms with Crippen LogP contribution in [0.3, 0.4) is 0 Å². The van der Waals surface area contributed by atoms with Crippen molar-refractivity contribution < 1.29 is 19.6 Å². The quantitative estimate of drug-likeness (QED) is 0.637. The topological polar surface area (TPSA) is 110 Å². The van der Waals surface area contributed by atoms with E-state index in [1.165, 1.54) is 19.1 Å². The number of hydrogen-bond donors (Lipinski definition) is 2. The van der Waals surface area contributed by atoms with Crippen molar-refractivity contribution in [2.24, 2.45) is 0 Å². The van der Waals surface area contributed by atoms with Gasteiger partial charge in [0.15, 0.2) is 0 Å². The van der Waals surface area contributed by atoms with Gasteiger partial charge in [0.05, 0.1) is 4.92 Å². The van der Waals surface area contributed by atoms with Crippen LogP contribution in [0.25, 0.3) is 0 Å². The van der Waals surface area contributed by atoms with Crippen molar-refractivity contribution >= 4 is 29.2 Å².